The van der Waals surface area contributed by atoms with E-state index >= 15 is 0 Å². The van der Waals surface area contributed by atoms with Crippen molar-refractivity contribution in [3.8, 4) is 0 Å². The Bertz CT molecular complexity index is 550. The van der Waals surface area contributed by atoms with Crippen LogP contribution in [0.15, 0.2) is 12.4 Å². The molecule has 2 heterocycles. The maximum Gasteiger partial charge on any atom is 0.343 e. The molecule has 6 heteroatoms. The van der Waals surface area contributed by atoms with E-state index in [2.05, 4.69) is 10.1 Å². The first-order valence-electron chi connectivity index (χ1n) is 4.81. The van der Waals surface area contributed by atoms with Crippen molar-refractivity contribution in [3.05, 3.63) is 28.7 Å². The zero-order valence-electron chi connectivity index (χ0n) is 8.90. The zero-order chi connectivity index (χ0) is 11.7. The van der Waals surface area contributed by atoms with E-state index in [9.17, 15) is 4.79 Å². The highest BCUT2D eigenvalue weighted by atomic mass is 35.5. The predicted molar refractivity (Wildman–Crippen MR) is 58.7 cm³/mol. The number of rotatable bonds is 2. The Labute approximate surface area is 97.0 Å². The number of ether oxygens (including phenoxy) is 1. The van der Waals surface area contributed by atoms with E-state index in [0.29, 0.717) is 23.0 Å². The number of halogens is 1. The third-order valence-corrected chi connectivity index (χ3v) is 2.49. The molecule has 0 aliphatic rings. The molecule has 0 bridgehead atoms. The SMILES string of the molecule is CCOC(=O)c1cnn2cc(C)c(Cl)nc12. The second kappa shape index (κ2) is 4.09. The van der Waals surface area contributed by atoms with E-state index in [-0.39, 0.29) is 0 Å². The van der Waals surface area contributed by atoms with Gasteiger partial charge >= 0.3 is 5.97 Å². The van der Waals surface area contributed by atoms with Crippen LogP contribution in [0.2, 0.25) is 5.15 Å². The fraction of sp³-hybridized carbons (Fsp3) is 0.300. The first kappa shape index (κ1) is 10.9. The summed E-state index contributed by atoms with van der Waals surface area (Å²) in [5, 5.41) is 4.38. The van der Waals surface area contributed by atoms with Crippen molar-refractivity contribution >= 4 is 23.2 Å². The molecule has 0 unspecified atom stereocenters. The van der Waals surface area contributed by atoms with E-state index in [1.54, 1.807) is 13.1 Å². The monoisotopic (exact) mass is 239 g/mol. The molecule has 0 aliphatic heterocycles. The van der Waals surface area contributed by atoms with Crippen LogP contribution in [0.4, 0.5) is 0 Å². The maximum absolute atomic E-state index is 11.6. The van der Waals surface area contributed by atoms with Crippen LogP contribution < -0.4 is 0 Å². The molecule has 0 N–H and O–H groups in total. The first-order chi connectivity index (χ1) is 7.63. The van der Waals surface area contributed by atoms with Gasteiger partial charge in [0.05, 0.1) is 12.8 Å². The number of nitrogens with zero attached hydrogens (tertiary/aromatic N) is 3. The van der Waals surface area contributed by atoms with Crippen LogP contribution in [0.5, 0.6) is 0 Å². The van der Waals surface area contributed by atoms with E-state index < -0.39 is 5.97 Å². The highest BCUT2D eigenvalue weighted by Crippen LogP contribution is 2.16. The van der Waals surface area contributed by atoms with Gasteiger partial charge in [0.2, 0.25) is 0 Å². The van der Waals surface area contributed by atoms with Crippen molar-refractivity contribution in [1.82, 2.24) is 14.6 Å². The van der Waals surface area contributed by atoms with Gasteiger partial charge in [-0.1, -0.05) is 11.6 Å². The molecule has 0 spiro atoms. The Balaban J connectivity index is 2.56. The van der Waals surface area contributed by atoms with Gasteiger partial charge in [0.15, 0.2) is 5.65 Å². The Morgan fingerprint density at radius 3 is 3.06 bits per heavy atom. The van der Waals surface area contributed by atoms with Gasteiger partial charge < -0.3 is 4.74 Å². The Kier molecular flexibility index (Phi) is 2.78. The second-order valence-electron chi connectivity index (χ2n) is 3.26. The summed E-state index contributed by atoms with van der Waals surface area (Å²) in [4.78, 5) is 15.7. The molecule has 2 aromatic rings. The summed E-state index contributed by atoms with van der Waals surface area (Å²) in [5.41, 5.74) is 1.53. The lowest BCUT2D eigenvalue weighted by Crippen LogP contribution is -2.05. The van der Waals surface area contributed by atoms with Gasteiger partial charge in [-0.2, -0.15) is 5.10 Å². The van der Waals surface area contributed by atoms with E-state index in [0.717, 1.165) is 5.56 Å². The number of hydrogen-bond acceptors (Lipinski definition) is 4. The number of esters is 1. The predicted octanol–water partition coefficient (Wildman–Crippen LogP) is 1.87. The summed E-state index contributed by atoms with van der Waals surface area (Å²) in [6, 6.07) is 0. The minimum absolute atomic E-state index is 0.315. The summed E-state index contributed by atoms with van der Waals surface area (Å²) >= 11 is 5.89. The highest BCUT2D eigenvalue weighted by molar-refractivity contribution is 6.30. The fourth-order valence-electron chi connectivity index (χ4n) is 1.33. The van der Waals surface area contributed by atoms with Crippen LogP contribution in [-0.4, -0.2) is 27.2 Å². The summed E-state index contributed by atoms with van der Waals surface area (Å²) in [6.45, 7) is 3.88. The molecule has 0 radical (unpaired) electrons. The summed E-state index contributed by atoms with van der Waals surface area (Å²) in [5.74, 6) is -0.440. The molecule has 84 valence electrons. The van der Waals surface area contributed by atoms with Gasteiger partial charge in [-0.05, 0) is 13.8 Å². The quantitative estimate of drug-likeness (QED) is 0.593. The van der Waals surface area contributed by atoms with Crippen molar-refractivity contribution < 1.29 is 9.53 Å². The van der Waals surface area contributed by atoms with E-state index in [1.165, 1.54) is 10.7 Å². The number of fused-ring (bicyclic) bond motifs is 1. The largest absolute Gasteiger partial charge is 0.462 e. The fourth-order valence-corrected chi connectivity index (χ4v) is 1.46. The van der Waals surface area contributed by atoms with Crippen LogP contribution in [0.25, 0.3) is 5.65 Å². The van der Waals surface area contributed by atoms with Crippen molar-refractivity contribution in [2.75, 3.05) is 6.61 Å². The van der Waals surface area contributed by atoms with Crippen LogP contribution >= 0.6 is 11.6 Å². The third kappa shape index (κ3) is 1.74. The lowest BCUT2D eigenvalue weighted by Gasteiger charge is -2.01. The molecule has 0 fully saturated rings. The third-order valence-electron chi connectivity index (χ3n) is 2.11. The Hall–Kier alpha value is -1.62. The van der Waals surface area contributed by atoms with Crippen molar-refractivity contribution in [2.24, 2.45) is 0 Å². The molecular weight excluding hydrogens is 230 g/mol. The van der Waals surface area contributed by atoms with Gasteiger partial charge in [0.1, 0.15) is 10.7 Å². The Morgan fingerprint density at radius 2 is 2.38 bits per heavy atom. The first-order valence-corrected chi connectivity index (χ1v) is 5.19. The van der Waals surface area contributed by atoms with Gasteiger partial charge in [-0.15, -0.1) is 0 Å². The average Bonchev–Trinajstić information content (AvgIpc) is 2.62. The number of aromatic nitrogens is 3. The average molecular weight is 240 g/mol. The minimum Gasteiger partial charge on any atom is -0.462 e. The number of carbonyl (C=O) groups excluding carboxylic acids is 1. The van der Waals surface area contributed by atoms with Gasteiger partial charge in [-0.25, -0.2) is 14.3 Å². The molecule has 16 heavy (non-hydrogen) atoms. The number of hydrogen-bond donors (Lipinski definition) is 0. The van der Waals surface area contributed by atoms with Gasteiger partial charge in [-0.3, -0.25) is 0 Å². The highest BCUT2D eigenvalue weighted by Gasteiger charge is 2.15. The summed E-state index contributed by atoms with van der Waals surface area (Å²) in [6.07, 6.45) is 3.14. The van der Waals surface area contributed by atoms with Crippen molar-refractivity contribution in [3.63, 3.8) is 0 Å². The summed E-state index contributed by atoms with van der Waals surface area (Å²) in [7, 11) is 0. The van der Waals surface area contributed by atoms with E-state index in [1.807, 2.05) is 6.92 Å². The lowest BCUT2D eigenvalue weighted by molar-refractivity contribution is 0.0528. The molecule has 5 nitrogen and oxygen atoms in total. The smallest absolute Gasteiger partial charge is 0.343 e. The molecule has 0 aromatic carbocycles. The molecule has 2 aromatic heterocycles. The standard InChI is InChI=1S/C10H10ClN3O2/c1-3-16-10(15)7-4-12-14-5-6(2)8(11)13-9(7)14/h4-5H,3H2,1-2H3. The topological polar surface area (TPSA) is 56.5 Å². The molecule has 2 rings (SSSR count). The van der Waals surface area contributed by atoms with Crippen molar-refractivity contribution in [2.45, 2.75) is 13.8 Å². The normalized spacial score (nSPS) is 10.7. The molecule has 0 atom stereocenters. The maximum atomic E-state index is 11.6. The minimum atomic E-state index is -0.440. The molecule has 0 amide bonds. The summed E-state index contributed by atoms with van der Waals surface area (Å²) < 4.78 is 6.40. The van der Waals surface area contributed by atoms with Crippen LogP contribution in [0.3, 0.4) is 0 Å². The number of carbonyl (C=O) groups is 1. The molecular formula is C10H10ClN3O2. The lowest BCUT2D eigenvalue weighted by atomic mass is 10.3. The van der Waals surface area contributed by atoms with Crippen LogP contribution in [0.1, 0.15) is 22.8 Å². The number of aryl methyl sites for hydroxylation is 1. The van der Waals surface area contributed by atoms with Crippen molar-refractivity contribution in [1.29, 1.82) is 0 Å². The van der Waals surface area contributed by atoms with Gasteiger partial charge in [0, 0.05) is 11.8 Å². The van der Waals surface area contributed by atoms with Crippen LogP contribution in [-0.2, 0) is 4.74 Å². The second-order valence-corrected chi connectivity index (χ2v) is 3.62. The molecule has 0 saturated carbocycles. The van der Waals surface area contributed by atoms with Gasteiger partial charge in [0.25, 0.3) is 0 Å². The van der Waals surface area contributed by atoms with Crippen LogP contribution in [0, 0.1) is 6.92 Å². The Morgan fingerprint density at radius 1 is 1.62 bits per heavy atom. The van der Waals surface area contributed by atoms with E-state index in [4.69, 9.17) is 16.3 Å². The zero-order valence-corrected chi connectivity index (χ0v) is 9.65. The molecule has 0 aliphatic carbocycles. The molecule has 0 saturated heterocycles.